The number of hydrogen-bond donors (Lipinski definition) is 1. The van der Waals surface area contributed by atoms with Gasteiger partial charge in [-0.15, -0.1) is 0 Å². The van der Waals surface area contributed by atoms with Crippen molar-refractivity contribution in [3.8, 4) is 0 Å². The fourth-order valence-electron chi connectivity index (χ4n) is 1.80. The first-order valence-electron chi connectivity index (χ1n) is 10.6. The standard InChI is InChI=1S/C21H45NO4SSi2/c1-16(2)15-25-19(24)22-17(13-14-27-29(11,12)21(6,7)8)18(23)26-28(9,10)20(3,4)5/h16-17H,13-15H2,1-12H3,(H,22,24). The lowest BCUT2D eigenvalue weighted by atomic mass is 10.2. The van der Waals surface area contributed by atoms with Crippen LogP contribution in [0.15, 0.2) is 0 Å². The summed E-state index contributed by atoms with van der Waals surface area (Å²) in [6.45, 7) is 26.2. The summed E-state index contributed by atoms with van der Waals surface area (Å²) in [4.78, 5) is 25.2. The highest BCUT2D eigenvalue weighted by Gasteiger charge is 2.42. The number of nitrogens with one attached hydrogen (secondary N) is 1. The van der Waals surface area contributed by atoms with Crippen LogP contribution in [0.1, 0.15) is 61.8 Å². The van der Waals surface area contributed by atoms with Crippen LogP contribution in [0.5, 0.6) is 0 Å². The summed E-state index contributed by atoms with van der Waals surface area (Å²) in [5.41, 5.74) is 0. The maximum absolute atomic E-state index is 13.0. The molecular formula is C21H45NO4SSi2. The summed E-state index contributed by atoms with van der Waals surface area (Å²) in [5.74, 6) is 0.708. The van der Waals surface area contributed by atoms with E-state index in [0.29, 0.717) is 13.0 Å². The highest BCUT2D eigenvalue weighted by atomic mass is 32.4. The number of alkyl carbamates (subject to hydrolysis) is 1. The highest BCUT2D eigenvalue weighted by molar-refractivity contribution is 8.29. The summed E-state index contributed by atoms with van der Waals surface area (Å²) in [6.07, 6.45) is -0.00489. The van der Waals surface area contributed by atoms with Gasteiger partial charge in [0.15, 0.2) is 0 Å². The molecule has 0 aromatic carbocycles. The molecule has 0 bridgehead atoms. The van der Waals surface area contributed by atoms with Gasteiger partial charge in [0, 0.05) is 0 Å². The van der Waals surface area contributed by atoms with Crippen LogP contribution in [-0.4, -0.2) is 46.0 Å². The first-order valence-corrected chi connectivity index (χ1v) is 18.2. The van der Waals surface area contributed by atoms with Gasteiger partial charge in [0.25, 0.3) is 8.32 Å². The van der Waals surface area contributed by atoms with E-state index in [9.17, 15) is 9.59 Å². The average molecular weight is 464 g/mol. The van der Waals surface area contributed by atoms with Crippen LogP contribution < -0.4 is 5.32 Å². The van der Waals surface area contributed by atoms with E-state index in [1.807, 2.05) is 38.2 Å². The van der Waals surface area contributed by atoms with Crippen molar-refractivity contribution in [2.45, 2.75) is 104 Å². The molecular weight excluding hydrogens is 418 g/mol. The van der Waals surface area contributed by atoms with Gasteiger partial charge in [-0.2, -0.15) is 11.2 Å². The Bertz CT molecular complexity index is 552. The zero-order chi connectivity index (χ0) is 23.3. The molecule has 0 aliphatic heterocycles. The summed E-state index contributed by atoms with van der Waals surface area (Å²) < 4.78 is 11.2. The Morgan fingerprint density at radius 3 is 1.90 bits per heavy atom. The molecule has 0 aliphatic rings. The van der Waals surface area contributed by atoms with Gasteiger partial charge in [-0.1, -0.05) is 68.5 Å². The molecule has 172 valence electrons. The molecule has 0 radical (unpaired) electrons. The second kappa shape index (κ2) is 10.7. The van der Waals surface area contributed by atoms with Crippen molar-refractivity contribution >= 4 is 38.8 Å². The quantitative estimate of drug-likeness (QED) is 0.400. The summed E-state index contributed by atoms with van der Waals surface area (Å²) in [5, 5.41) is 2.94. The van der Waals surface area contributed by atoms with E-state index in [0.717, 1.165) is 5.75 Å². The molecule has 1 amide bonds. The molecule has 0 aliphatic carbocycles. The van der Waals surface area contributed by atoms with Crippen LogP contribution in [0, 0.1) is 5.92 Å². The Morgan fingerprint density at radius 2 is 1.48 bits per heavy atom. The van der Waals surface area contributed by atoms with Crippen molar-refractivity contribution in [1.29, 1.82) is 0 Å². The molecule has 0 fully saturated rings. The highest BCUT2D eigenvalue weighted by Crippen LogP contribution is 2.43. The molecule has 0 heterocycles. The first kappa shape index (κ1) is 28.5. The minimum Gasteiger partial charge on any atom is -0.518 e. The molecule has 0 aromatic rings. The average Bonchev–Trinajstić information content (AvgIpc) is 2.49. The fraction of sp³-hybridized carbons (Fsp3) is 0.905. The molecule has 0 rings (SSSR count). The van der Waals surface area contributed by atoms with Gasteiger partial charge in [0.05, 0.1) is 6.61 Å². The van der Waals surface area contributed by atoms with Crippen LogP contribution in [-0.2, 0) is 14.0 Å². The van der Waals surface area contributed by atoms with Gasteiger partial charge in [-0.05, 0) is 41.3 Å². The maximum Gasteiger partial charge on any atom is 0.407 e. The normalized spacial score (nSPS) is 14.5. The molecule has 0 saturated carbocycles. The molecule has 0 aromatic heterocycles. The number of amides is 1. The number of hydrogen-bond acceptors (Lipinski definition) is 5. The topological polar surface area (TPSA) is 64.6 Å². The van der Waals surface area contributed by atoms with E-state index in [2.05, 4.69) is 60.0 Å². The third-order valence-corrected chi connectivity index (χ3v) is 19.7. The van der Waals surface area contributed by atoms with E-state index in [1.165, 1.54) is 0 Å². The smallest absolute Gasteiger partial charge is 0.407 e. The van der Waals surface area contributed by atoms with Gasteiger partial charge in [-0.25, -0.2) is 4.79 Å². The Kier molecular flexibility index (Phi) is 10.5. The number of carbonyl (C=O) groups excluding carboxylic acids is 2. The molecule has 1 unspecified atom stereocenters. The van der Waals surface area contributed by atoms with Crippen molar-refractivity contribution < 1.29 is 18.8 Å². The monoisotopic (exact) mass is 463 g/mol. The Hall–Kier alpha value is -0.476. The van der Waals surface area contributed by atoms with Gasteiger partial charge >= 0.3 is 12.1 Å². The second-order valence-corrected chi connectivity index (χ2v) is 25.1. The van der Waals surface area contributed by atoms with E-state index in [-0.39, 0.29) is 22.0 Å². The van der Waals surface area contributed by atoms with Crippen LogP contribution in [0.25, 0.3) is 0 Å². The van der Waals surface area contributed by atoms with Crippen LogP contribution >= 0.6 is 11.2 Å². The largest absolute Gasteiger partial charge is 0.518 e. The van der Waals surface area contributed by atoms with E-state index < -0.39 is 27.7 Å². The van der Waals surface area contributed by atoms with E-state index >= 15 is 0 Å². The lowest BCUT2D eigenvalue weighted by Gasteiger charge is -2.37. The number of ether oxygens (including phenoxy) is 1. The van der Waals surface area contributed by atoms with Crippen LogP contribution in [0.2, 0.25) is 36.3 Å². The lowest BCUT2D eigenvalue weighted by Crippen LogP contribution is -2.50. The summed E-state index contributed by atoms with van der Waals surface area (Å²) in [6, 6.07) is -0.680. The van der Waals surface area contributed by atoms with Gasteiger partial charge in [0.1, 0.15) is 13.3 Å². The third-order valence-electron chi connectivity index (χ3n) is 5.96. The maximum atomic E-state index is 13.0. The molecule has 1 N–H and O–H groups in total. The predicted octanol–water partition coefficient (Wildman–Crippen LogP) is 6.41. The van der Waals surface area contributed by atoms with E-state index in [1.54, 1.807) is 0 Å². The number of carbonyl (C=O) groups is 2. The van der Waals surface area contributed by atoms with Crippen molar-refractivity contribution in [2.75, 3.05) is 12.4 Å². The molecule has 5 nitrogen and oxygen atoms in total. The zero-order valence-electron chi connectivity index (χ0n) is 20.8. The molecule has 1 atom stereocenters. The third kappa shape index (κ3) is 9.92. The minimum atomic E-state index is -2.26. The minimum absolute atomic E-state index is 0.0821. The van der Waals surface area contributed by atoms with Crippen LogP contribution in [0.4, 0.5) is 4.79 Å². The summed E-state index contributed by atoms with van der Waals surface area (Å²) >= 11 is 1.95. The molecule has 8 heteroatoms. The van der Waals surface area contributed by atoms with E-state index in [4.69, 9.17) is 9.16 Å². The van der Waals surface area contributed by atoms with Gasteiger partial charge < -0.3 is 14.5 Å². The first-order chi connectivity index (χ1) is 12.8. The summed E-state index contributed by atoms with van der Waals surface area (Å²) in [7, 11) is -3.79. The SMILES string of the molecule is CC(C)COC(=O)NC(CCS[Si](C)(C)C(C)(C)C)C(=O)O[Si](C)(C)C(C)(C)C. The van der Waals surface area contributed by atoms with Gasteiger partial charge in [0.2, 0.25) is 0 Å². The number of rotatable bonds is 9. The Labute approximate surface area is 185 Å². The van der Waals surface area contributed by atoms with Crippen molar-refractivity contribution in [2.24, 2.45) is 5.92 Å². The van der Waals surface area contributed by atoms with Crippen molar-refractivity contribution in [1.82, 2.24) is 5.32 Å². The Balaban J connectivity index is 5.20. The molecule has 0 spiro atoms. The lowest BCUT2D eigenvalue weighted by molar-refractivity contribution is -0.137. The zero-order valence-corrected chi connectivity index (χ0v) is 23.6. The van der Waals surface area contributed by atoms with Crippen molar-refractivity contribution in [3.63, 3.8) is 0 Å². The van der Waals surface area contributed by atoms with Crippen LogP contribution in [0.3, 0.4) is 0 Å². The predicted molar refractivity (Wildman–Crippen MR) is 131 cm³/mol. The molecule has 29 heavy (non-hydrogen) atoms. The second-order valence-electron chi connectivity index (χ2n) is 11.3. The fourth-order valence-corrected chi connectivity index (χ4v) is 7.23. The van der Waals surface area contributed by atoms with Gasteiger partial charge in [-0.3, -0.25) is 4.79 Å². The Morgan fingerprint density at radius 1 is 0.966 bits per heavy atom. The van der Waals surface area contributed by atoms with Crippen molar-refractivity contribution in [3.05, 3.63) is 0 Å². The molecule has 0 saturated heterocycles.